The van der Waals surface area contributed by atoms with Crippen molar-refractivity contribution in [2.24, 2.45) is 28.9 Å². The van der Waals surface area contributed by atoms with Crippen molar-refractivity contribution in [3.05, 3.63) is 29.8 Å². The van der Waals surface area contributed by atoms with E-state index in [-0.39, 0.29) is 17.8 Å². The lowest BCUT2D eigenvalue weighted by Crippen LogP contribution is -2.51. The molecular weight excluding hydrogens is 290 g/mol. The Bertz CT molecular complexity index is 616. The minimum atomic E-state index is -0.525. The van der Waals surface area contributed by atoms with E-state index >= 15 is 0 Å². The fourth-order valence-corrected chi connectivity index (χ4v) is 5.54. The Morgan fingerprint density at radius 2 is 1.61 bits per heavy atom. The van der Waals surface area contributed by atoms with Crippen LogP contribution >= 0.6 is 0 Å². The fourth-order valence-electron chi connectivity index (χ4n) is 5.54. The van der Waals surface area contributed by atoms with E-state index in [4.69, 9.17) is 10.5 Å². The summed E-state index contributed by atoms with van der Waals surface area (Å²) in [5.74, 6) is 2.33. The van der Waals surface area contributed by atoms with Crippen LogP contribution < -0.4 is 10.5 Å². The molecule has 4 heteroatoms. The molecule has 0 heterocycles. The number of hydrogen-bond acceptors (Lipinski definition) is 3. The molecule has 1 amide bonds. The van der Waals surface area contributed by atoms with Gasteiger partial charge in [-0.15, -0.1) is 0 Å². The molecule has 4 aliphatic rings. The topological polar surface area (TPSA) is 69.4 Å². The van der Waals surface area contributed by atoms with Crippen LogP contribution in [0.5, 0.6) is 5.75 Å². The number of hydrogen-bond donors (Lipinski definition) is 1. The van der Waals surface area contributed by atoms with Crippen molar-refractivity contribution in [2.45, 2.75) is 38.5 Å². The summed E-state index contributed by atoms with van der Waals surface area (Å²) >= 11 is 0. The van der Waals surface area contributed by atoms with Crippen molar-refractivity contribution in [3.8, 4) is 5.75 Å². The third-order valence-electron chi connectivity index (χ3n) is 6.14. The van der Waals surface area contributed by atoms with Gasteiger partial charge in [-0.05, 0) is 68.4 Å². The van der Waals surface area contributed by atoms with E-state index in [2.05, 4.69) is 0 Å². The first-order valence-electron chi connectivity index (χ1n) is 8.61. The van der Waals surface area contributed by atoms with Crippen molar-refractivity contribution >= 4 is 11.7 Å². The SMILES string of the molecule is NC(=O)c1ccccc1OCC(=O)C12CC3CC(CC(C3)C1)C2. The van der Waals surface area contributed by atoms with Gasteiger partial charge < -0.3 is 10.5 Å². The number of rotatable bonds is 5. The van der Waals surface area contributed by atoms with Gasteiger partial charge in [-0.1, -0.05) is 12.1 Å². The van der Waals surface area contributed by atoms with Crippen molar-refractivity contribution in [1.29, 1.82) is 0 Å². The second-order valence-electron chi connectivity index (χ2n) is 7.77. The number of carbonyl (C=O) groups excluding carboxylic acids is 2. The lowest BCUT2D eigenvalue weighted by Gasteiger charge is -2.55. The molecule has 4 nitrogen and oxygen atoms in total. The van der Waals surface area contributed by atoms with Gasteiger partial charge >= 0.3 is 0 Å². The van der Waals surface area contributed by atoms with Crippen LogP contribution in [0.4, 0.5) is 0 Å². The predicted molar refractivity (Wildman–Crippen MR) is 86.1 cm³/mol. The quantitative estimate of drug-likeness (QED) is 0.908. The lowest BCUT2D eigenvalue weighted by molar-refractivity contribution is -0.146. The molecule has 4 aliphatic carbocycles. The molecule has 0 aromatic heterocycles. The molecule has 122 valence electrons. The Morgan fingerprint density at radius 3 is 2.17 bits per heavy atom. The van der Waals surface area contributed by atoms with Crippen LogP contribution in [0.15, 0.2) is 24.3 Å². The highest BCUT2D eigenvalue weighted by molar-refractivity contribution is 5.95. The summed E-state index contributed by atoms with van der Waals surface area (Å²) < 4.78 is 5.70. The average Bonchev–Trinajstić information content (AvgIpc) is 2.51. The summed E-state index contributed by atoms with van der Waals surface area (Å²) in [6.45, 7) is 0.0520. The van der Waals surface area contributed by atoms with Gasteiger partial charge in [0.2, 0.25) is 0 Å². The Balaban J connectivity index is 1.48. The number of carbonyl (C=O) groups is 2. The summed E-state index contributed by atoms with van der Waals surface area (Å²) in [4.78, 5) is 24.4. The summed E-state index contributed by atoms with van der Waals surface area (Å²) in [5, 5.41) is 0. The summed E-state index contributed by atoms with van der Waals surface area (Å²) in [6, 6.07) is 6.87. The van der Waals surface area contributed by atoms with E-state index in [0.29, 0.717) is 11.3 Å². The van der Waals surface area contributed by atoms with Crippen LogP contribution in [-0.4, -0.2) is 18.3 Å². The van der Waals surface area contributed by atoms with Gasteiger partial charge in [-0.3, -0.25) is 9.59 Å². The summed E-state index contributed by atoms with van der Waals surface area (Å²) in [6.07, 6.45) is 7.07. The van der Waals surface area contributed by atoms with Crippen molar-refractivity contribution in [1.82, 2.24) is 0 Å². The summed E-state index contributed by atoms with van der Waals surface area (Å²) in [5.41, 5.74) is 5.55. The van der Waals surface area contributed by atoms with Gasteiger partial charge in [-0.2, -0.15) is 0 Å². The zero-order valence-corrected chi connectivity index (χ0v) is 13.3. The highest BCUT2D eigenvalue weighted by Gasteiger charge is 2.54. The van der Waals surface area contributed by atoms with Crippen LogP contribution in [-0.2, 0) is 4.79 Å². The number of benzene rings is 1. The van der Waals surface area contributed by atoms with Gasteiger partial charge in [0.1, 0.15) is 12.4 Å². The number of nitrogens with two attached hydrogens (primary N) is 1. The van der Waals surface area contributed by atoms with Crippen LogP contribution in [0.2, 0.25) is 0 Å². The molecule has 0 spiro atoms. The number of ketones is 1. The molecule has 4 fully saturated rings. The normalized spacial score (nSPS) is 34.3. The largest absolute Gasteiger partial charge is 0.485 e. The molecule has 0 aliphatic heterocycles. The zero-order chi connectivity index (χ0) is 16.0. The first-order valence-corrected chi connectivity index (χ1v) is 8.61. The van der Waals surface area contributed by atoms with E-state index in [1.54, 1.807) is 24.3 Å². The maximum absolute atomic E-state index is 12.9. The van der Waals surface area contributed by atoms with Crippen LogP contribution in [0.3, 0.4) is 0 Å². The first kappa shape index (κ1) is 14.7. The van der Waals surface area contributed by atoms with Crippen LogP contribution in [0.25, 0.3) is 0 Å². The monoisotopic (exact) mass is 313 g/mol. The molecule has 5 rings (SSSR count). The van der Waals surface area contributed by atoms with E-state index in [9.17, 15) is 9.59 Å². The molecule has 0 atom stereocenters. The van der Waals surface area contributed by atoms with Gasteiger partial charge in [-0.25, -0.2) is 0 Å². The molecular formula is C19H23NO3. The maximum atomic E-state index is 12.9. The van der Waals surface area contributed by atoms with Gasteiger partial charge in [0, 0.05) is 5.41 Å². The number of ether oxygens (including phenoxy) is 1. The van der Waals surface area contributed by atoms with Gasteiger partial charge in [0.05, 0.1) is 5.56 Å². The Kier molecular flexibility index (Phi) is 3.43. The first-order chi connectivity index (χ1) is 11.1. The number of amides is 1. The van der Waals surface area contributed by atoms with Crippen LogP contribution in [0, 0.1) is 23.2 Å². The zero-order valence-electron chi connectivity index (χ0n) is 13.3. The van der Waals surface area contributed by atoms with E-state index in [0.717, 1.165) is 37.0 Å². The highest BCUT2D eigenvalue weighted by Crippen LogP contribution is 2.60. The van der Waals surface area contributed by atoms with E-state index in [1.807, 2.05) is 0 Å². The number of primary amides is 1. The Labute approximate surface area is 136 Å². The summed E-state index contributed by atoms with van der Waals surface area (Å²) in [7, 11) is 0. The fraction of sp³-hybridized carbons (Fsp3) is 0.579. The van der Waals surface area contributed by atoms with E-state index < -0.39 is 5.91 Å². The molecule has 0 unspecified atom stereocenters. The van der Waals surface area contributed by atoms with Crippen molar-refractivity contribution < 1.29 is 14.3 Å². The Morgan fingerprint density at radius 1 is 1.04 bits per heavy atom. The lowest BCUT2D eigenvalue weighted by atomic mass is 9.48. The van der Waals surface area contributed by atoms with Gasteiger partial charge in [0.15, 0.2) is 5.78 Å². The molecule has 4 bridgehead atoms. The minimum absolute atomic E-state index is 0.0520. The molecule has 2 N–H and O–H groups in total. The third kappa shape index (κ3) is 2.54. The molecule has 0 radical (unpaired) electrons. The highest BCUT2D eigenvalue weighted by atomic mass is 16.5. The number of para-hydroxylation sites is 1. The molecule has 1 aromatic carbocycles. The smallest absolute Gasteiger partial charge is 0.252 e. The average molecular weight is 313 g/mol. The second-order valence-corrected chi connectivity index (χ2v) is 7.77. The molecule has 23 heavy (non-hydrogen) atoms. The minimum Gasteiger partial charge on any atom is -0.485 e. The number of Topliss-reactive ketones (excluding diaryl/α,β-unsaturated/α-hetero) is 1. The van der Waals surface area contributed by atoms with Crippen molar-refractivity contribution in [2.75, 3.05) is 6.61 Å². The Hall–Kier alpha value is -1.84. The van der Waals surface area contributed by atoms with E-state index in [1.165, 1.54) is 19.3 Å². The maximum Gasteiger partial charge on any atom is 0.252 e. The third-order valence-corrected chi connectivity index (χ3v) is 6.14. The standard InChI is InChI=1S/C19H23NO3/c20-18(22)15-3-1-2-4-16(15)23-11-17(21)19-8-12-5-13(9-19)7-14(6-12)10-19/h1-4,12-14H,5-11H2,(H2,20,22). The van der Waals surface area contributed by atoms with Crippen LogP contribution in [0.1, 0.15) is 48.9 Å². The van der Waals surface area contributed by atoms with Crippen molar-refractivity contribution in [3.63, 3.8) is 0 Å². The second kappa shape index (κ2) is 5.36. The molecule has 1 aromatic rings. The van der Waals surface area contributed by atoms with Gasteiger partial charge in [0.25, 0.3) is 5.91 Å². The molecule has 4 saturated carbocycles. The molecule has 0 saturated heterocycles. The predicted octanol–water partition coefficient (Wildman–Crippen LogP) is 2.95.